The highest BCUT2D eigenvalue weighted by molar-refractivity contribution is 5.80. The van der Waals surface area contributed by atoms with Crippen LogP contribution in [0.3, 0.4) is 0 Å². The Hall–Kier alpha value is -1.79. The lowest BCUT2D eigenvalue weighted by Crippen LogP contribution is -2.46. The average molecular weight is 361 g/mol. The van der Waals surface area contributed by atoms with Crippen LogP contribution in [-0.4, -0.2) is 81.4 Å². The summed E-state index contributed by atoms with van der Waals surface area (Å²) < 4.78 is 11.3. The van der Waals surface area contributed by atoms with Crippen molar-refractivity contribution < 1.29 is 9.47 Å². The smallest absolute Gasteiger partial charge is 0.193 e. The van der Waals surface area contributed by atoms with Gasteiger partial charge in [0.25, 0.3) is 0 Å². The van der Waals surface area contributed by atoms with E-state index in [1.54, 1.807) is 0 Å². The number of hydrogen-bond donors (Lipinski definition) is 1. The van der Waals surface area contributed by atoms with Crippen LogP contribution in [0.4, 0.5) is 0 Å². The zero-order valence-corrected chi connectivity index (χ0v) is 16.1. The number of morpholine rings is 1. The fourth-order valence-electron chi connectivity index (χ4n) is 3.60. The van der Waals surface area contributed by atoms with Gasteiger partial charge >= 0.3 is 0 Å². The number of rotatable bonds is 6. The fraction of sp³-hybridized carbons (Fsp3) is 0.650. The summed E-state index contributed by atoms with van der Waals surface area (Å²) >= 11 is 0. The summed E-state index contributed by atoms with van der Waals surface area (Å²) in [6.45, 7) is 9.64. The minimum Gasteiger partial charge on any atom is -0.494 e. The van der Waals surface area contributed by atoms with Crippen LogP contribution in [0.1, 0.15) is 18.4 Å². The molecule has 3 rings (SSSR count). The summed E-state index contributed by atoms with van der Waals surface area (Å²) in [5.41, 5.74) is 1.25. The van der Waals surface area contributed by atoms with Crippen LogP contribution in [0.25, 0.3) is 0 Å². The lowest BCUT2D eigenvalue weighted by molar-refractivity contribution is 0.0195. The van der Waals surface area contributed by atoms with Crippen molar-refractivity contribution in [3.8, 4) is 5.75 Å². The normalized spacial score (nSPS) is 21.8. The molecule has 0 saturated carbocycles. The molecule has 0 aromatic heterocycles. The number of aryl methyl sites for hydroxylation is 1. The lowest BCUT2D eigenvalue weighted by atomic mass is 10.2. The topological polar surface area (TPSA) is 49.3 Å². The molecule has 1 unspecified atom stereocenters. The highest BCUT2D eigenvalue weighted by Crippen LogP contribution is 2.17. The Morgan fingerprint density at radius 3 is 2.73 bits per heavy atom. The summed E-state index contributed by atoms with van der Waals surface area (Å²) in [6.07, 6.45) is 2.16. The van der Waals surface area contributed by atoms with Gasteiger partial charge in [0, 0.05) is 45.8 Å². The third kappa shape index (κ3) is 5.35. The van der Waals surface area contributed by atoms with Gasteiger partial charge in [-0.2, -0.15) is 0 Å². The molecule has 0 aliphatic carbocycles. The first-order chi connectivity index (χ1) is 12.8. The second-order valence-corrected chi connectivity index (χ2v) is 7.03. The maximum Gasteiger partial charge on any atom is 0.193 e. The number of benzene rings is 1. The fourth-order valence-corrected chi connectivity index (χ4v) is 3.60. The van der Waals surface area contributed by atoms with Gasteiger partial charge in [-0.25, -0.2) is 0 Å². The Morgan fingerprint density at radius 1 is 1.23 bits per heavy atom. The summed E-state index contributed by atoms with van der Waals surface area (Å²) in [5, 5.41) is 3.48. The molecule has 2 fully saturated rings. The van der Waals surface area contributed by atoms with E-state index in [1.807, 2.05) is 19.2 Å². The molecule has 1 aromatic rings. The SMILES string of the molecule is CN=C(NCCCOc1ccc(C)cc1)N1CCC(N2CCOCC2)C1. The molecule has 26 heavy (non-hydrogen) atoms. The Kier molecular flexibility index (Phi) is 7.14. The maximum absolute atomic E-state index is 5.79. The highest BCUT2D eigenvalue weighted by atomic mass is 16.5. The van der Waals surface area contributed by atoms with E-state index in [0.29, 0.717) is 12.6 Å². The Labute approximate surface area is 157 Å². The first-order valence-electron chi connectivity index (χ1n) is 9.73. The number of hydrogen-bond acceptors (Lipinski definition) is 4. The molecule has 0 bridgehead atoms. The third-order valence-corrected chi connectivity index (χ3v) is 5.13. The lowest BCUT2D eigenvalue weighted by Gasteiger charge is -2.32. The van der Waals surface area contributed by atoms with E-state index in [0.717, 1.165) is 64.1 Å². The molecule has 0 amide bonds. The molecule has 2 heterocycles. The largest absolute Gasteiger partial charge is 0.494 e. The highest BCUT2D eigenvalue weighted by Gasteiger charge is 2.30. The van der Waals surface area contributed by atoms with Gasteiger partial charge in [0.1, 0.15) is 5.75 Å². The molecule has 2 aliphatic rings. The van der Waals surface area contributed by atoms with E-state index in [-0.39, 0.29) is 0 Å². The first kappa shape index (κ1) is 19.0. The number of aliphatic imine (C=N–C) groups is 1. The van der Waals surface area contributed by atoms with E-state index in [1.165, 1.54) is 12.0 Å². The third-order valence-electron chi connectivity index (χ3n) is 5.13. The monoisotopic (exact) mass is 360 g/mol. The minimum absolute atomic E-state index is 0.627. The van der Waals surface area contributed by atoms with E-state index >= 15 is 0 Å². The molecule has 2 saturated heterocycles. The Morgan fingerprint density at radius 2 is 2.00 bits per heavy atom. The van der Waals surface area contributed by atoms with Crippen LogP contribution in [0.15, 0.2) is 29.3 Å². The molecule has 144 valence electrons. The summed E-state index contributed by atoms with van der Waals surface area (Å²) in [5.74, 6) is 1.95. The van der Waals surface area contributed by atoms with Gasteiger partial charge in [0.05, 0.1) is 19.8 Å². The van der Waals surface area contributed by atoms with Crippen LogP contribution in [0, 0.1) is 6.92 Å². The van der Waals surface area contributed by atoms with Gasteiger partial charge in [-0.05, 0) is 31.9 Å². The van der Waals surface area contributed by atoms with E-state index < -0.39 is 0 Å². The maximum atomic E-state index is 5.79. The number of ether oxygens (including phenoxy) is 2. The predicted molar refractivity (Wildman–Crippen MR) is 105 cm³/mol. The summed E-state index contributed by atoms with van der Waals surface area (Å²) in [7, 11) is 1.87. The standard InChI is InChI=1S/C20H32N4O2/c1-17-4-6-19(7-5-17)26-13-3-9-22-20(21-2)24-10-8-18(16-24)23-11-14-25-15-12-23/h4-7,18H,3,8-16H2,1-2H3,(H,21,22). The van der Waals surface area contributed by atoms with Crippen LogP contribution in [-0.2, 0) is 4.74 Å². The van der Waals surface area contributed by atoms with Crippen LogP contribution >= 0.6 is 0 Å². The van der Waals surface area contributed by atoms with Crippen molar-refractivity contribution >= 4 is 5.96 Å². The summed E-state index contributed by atoms with van der Waals surface area (Å²) in [6, 6.07) is 8.83. The molecule has 6 nitrogen and oxygen atoms in total. The Balaban J connectivity index is 1.35. The number of nitrogens with one attached hydrogen (secondary N) is 1. The van der Waals surface area contributed by atoms with Gasteiger partial charge in [0.15, 0.2) is 5.96 Å². The minimum atomic E-state index is 0.627. The predicted octanol–water partition coefficient (Wildman–Crippen LogP) is 1.75. The van der Waals surface area contributed by atoms with Crippen molar-refractivity contribution in [1.82, 2.24) is 15.1 Å². The molecule has 2 aliphatic heterocycles. The summed E-state index contributed by atoms with van der Waals surface area (Å²) in [4.78, 5) is 9.40. The van der Waals surface area contributed by atoms with E-state index in [2.05, 4.69) is 39.2 Å². The van der Waals surface area contributed by atoms with Crippen molar-refractivity contribution in [1.29, 1.82) is 0 Å². The van der Waals surface area contributed by atoms with Crippen molar-refractivity contribution in [2.45, 2.75) is 25.8 Å². The first-order valence-corrected chi connectivity index (χ1v) is 9.73. The van der Waals surface area contributed by atoms with Crippen molar-refractivity contribution in [3.63, 3.8) is 0 Å². The van der Waals surface area contributed by atoms with Crippen molar-refractivity contribution in [2.75, 3.05) is 59.6 Å². The molecule has 6 heteroatoms. The van der Waals surface area contributed by atoms with Crippen molar-refractivity contribution in [3.05, 3.63) is 29.8 Å². The van der Waals surface area contributed by atoms with Crippen LogP contribution in [0.5, 0.6) is 5.75 Å². The van der Waals surface area contributed by atoms with E-state index in [4.69, 9.17) is 9.47 Å². The van der Waals surface area contributed by atoms with Gasteiger partial charge < -0.3 is 19.7 Å². The van der Waals surface area contributed by atoms with Gasteiger partial charge in [0.2, 0.25) is 0 Å². The average Bonchev–Trinajstić information content (AvgIpc) is 3.17. The number of guanidine groups is 1. The molecular weight excluding hydrogens is 328 g/mol. The van der Waals surface area contributed by atoms with Gasteiger partial charge in [-0.1, -0.05) is 17.7 Å². The molecule has 1 atom stereocenters. The zero-order chi connectivity index (χ0) is 18.2. The molecule has 0 radical (unpaired) electrons. The van der Waals surface area contributed by atoms with Crippen molar-refractivity contribution in [2.24, 2.45) is 4.99 Å². The second-order valence-electron chi connectivity index (χ2n) is 7.03. The molecule has 1 N–H and O–H groups in total. The zero-order valence-electron chi connectivity index (χ0n) is 16.1. The molecule has 0 spiro atoms. The number of likely N-dealkylation sites (tertiary alicyclic amines) is 1. The van der Waals surface area contributed by atoms with E-state index in [9.17, 15) is 0 Å². The van der Waals surface area contributed by atoms with Crippen LogP contribution in [0.2, 0.25) is 0 Å². The Bertz CT molecular complexity index is 570. The number of nitrogens with zero attached hydrogens (tertiary/aromatic N) is 3. The van der Waals surface area contributed by atoms with Crippen LogP contribution < -0.4 is 10.1 Å². The van der Waals surface area contributed by atoms with Gasteiger partial charge in [-0.15, -0.1) is 0 Å². The molecule has 1 aromatic carbocycles. The van der Waals surface area contributed by atoms with Gasteiger partial charge in [-0.3, -0.25) is 9.89 Å². The quantitative estimate of drug-likeness (QED) is 0.476. The molecular formula is C20H32N4O2. The second kappa shape index (κ2) is 9.78.